The van der Waals surface area contributed by atoms with Gasteiger partial charge in [-0.05, 0) is 48.4 Å². The standard InChI is InChI=1S/C18H17Cl2NO4/c1-11-8-12(25-10-18(23)24-2)6-7-16(11)21-17(22)9-13-14(19)4-3-5-15(13)20/h3-8H,9-10H2,1-2H3,(H,21,22). The van der Waals surface area contributed by atoms with E-state index < -0.39 is 5.97 Å². The van der Waals surface area contributed by atoms with Crippen LogP contribution in [-0.4, -0.2) is 25.6 Å². The number of ether oxygens (including phenoxy) is 2. The van der Waals surface area contributed by atoms with Gasteiger partial charge < -0.3 is 14.8 Å². The molecule has 0 saturated carbocycles. The van der Waals surface area contributed by atoms with Crippen molar-refractivity contribution >= 4 is 40.8 Å². The van der Waals surface area contributed by atoms with Gasteiger partial charge in [-0.1, -0.05) is 29.3 Å². The fourth-order valence-electron chi connectivity index (χ4n) is 2.12. The summed E-state index contributed by atoms with van der Waals surface area (Å²) in [4.78, 5) is 23.3. The summed E-state index contributed by atoms with van der Waals surface area (Å²) in [7, 11) is 1.29. The third-order valence-corrected chi connectivity index (χ3v) is 4.16. The Hall–Kier alpha value is -2.24. The maximum absolute atomic E-state index is 12.3. The lowest BCUT2D eigenvalue weighted by atomic mass is 10.1. The summed E-state index contributed by atoms with van der Waals surface area (Å²) >= 11 is 12.2. The molecule has 0 aromatic heterocycles. The number of esters is 1. The Bertz CT molecular complexity index is 772. The molecule has 2 aromatic carbocycles. The molecule has 0 aliphatic carbocycles. The van der Waals surface area contributed by atoms with Crippen LogP contribution < -0.4 is 10.1 Å². The first-order chi connectivity index (χ1) is 11.9. The number of carbonyl (C=O) groups excluding carboxylic acids is 2. The van der Waals surface area contributed by atoms with Crippen molar-refractivity contribution in [3.05, 3.63) is 57.6 Å². The van der Waals surface area contributed by atoms with Gasteiger partial charge in [0.2, 0.25) is 5.91 Å². The number of anilines is 1. The highest BCUT2D eigenvalue weighted by molar-refractivity contribution is 6.36. The zero-order chi connectivity index (χ0) is 18.4. The zero-order valence-electron chi connectivity index (χ0n) is 13.8. The number of amides is 1. The van der Waals surface area contributed by atoms with Crippen LogP contribution in [0.25, 0.3) is 0 Å². The Morgan fingerprint density at radius 1 is 1.12 bits per heavy atom. The van der Waals surface area contributed by atoms with E-state index in [0.717, 1.165) is 5.56 Å². The monoisotopic (exact) mass is 381 g/mol. The van der Waals surface area contributed by atoms with Gasteiger partial charge in [0.15, 0.2) is 6.61 Å². The molecule has 132 valence electrons. The van der Waals surface area contributed by atoms with Gasteiger partial charge in [-0.15, -0.1) is 0 Å². The molecule has 0 unspecified atom stereocenters. The van der Waals surface area contributed by atoms with E-state index in [1.807, 2.05) is 6.92 Å². The zero-order valence-corrected chi connectivity index (χ0v) is 15.3. The summed E-state index contributed by atoms with van der Waals surface area (Å²) in [6.07, 6.45) is 0.0680. The molecular weight excluding hydrogens is 365 g/mol. The fraction of sp³-hybridized carbons (Fsp3) is 0.222. The van der Waals surface area contributed by atoms with Gasteiger partial charge in [-0.2, -0.15) is 0 Å². The largest absolute Gasteiger partial charge is 0.482 e. The molecule has 0 aliphatic heterocycles. The van der Waals surface area contributed by atoms with Crippen molar-refractivity contribution in [3.8, 4) is 5.75 Å². The first kappa shape index (κ1) is 19.1. The number of benzene rings is 2. The van der Waals surface area contributed by atoms with E-state index in [1.54, 1.807) is 36.4 Å². The molecule has 25 heavy (non-hydrogen) atoms. The first-order valence-corrected chi connectivity index (χ1v) is 8.19. The predicted molar refractivity (Wildman–Crippen MR) is 97.5 cm³/mol. The number of halogens is 2. The molecule has 2 aromatic rings. The fourth-order valence-corrected chi connectivity index (χ4v) is 2.65. The van der Waals surface area contributed by atoms with Crippen LogP contribution in [-0.2, 0) is 20.7 Å². The molecule has 0 heterocycles. The minimum atomic E-state index is -0.466. The van der Waals surface area contributed by atoms with Crippen LogP contribution in [0.2, 0.25) is 10.0 Å². The van der Waals surface area contributed by atoms with E-state index in [0.29, 0.717) is 27.0 Å². The van der Waals surface area contributed by atoms with Crippen molar-refractivity contribution in [2.24, 2.45) is 0 Å². The van der Waals surface area contributed by atoms with Crippen LogP contribution in [0, 0.1) is 6.92 Å². The second-order valence-corrected chi connectivity index (χ2v) is 6.08. The van der Waals surface area contributed by atoms with E-state index in [1.165, 1.54) is 7.11 Å². The van der Waals surface area contributed by atoms with Crippen LogP contribution >= 0.6 is 23.2 Å². The molecule has 1 amide bonds. The van der Waals surface area contributed by atoms with Gasteiger partial charge in [0.25, 0.3) is 0 Å². The number of methoxy groups -OCH3 is 1. The Balaban J connectivity index is 2.02. The van der Waals surface area contributed by atoms with Crippen LogP contribution in [0.15, 0.2) is 36.4 Å². The summed E-state index contributed by atoms with van der Waals surface area (Å²) in [6.45, 7) is 1.65. The average Bonchev–Trinajstić information content (AvgIpc) is 2.58. The van der Waals surface area contributed by atoms with Crippen LogP contribution in [0.5, 0.6) is 5.75 Å². The second-order valence-electron chi connectivity index (χ2n) is 5.27. The highest BCUT2D eigenvalue weighted by atomic mass is 35.5. The number of hydrogen-bond donors (Lipinski definition) is 1. The molecule has 0 fully saturated rings. The second kappa shape index (κ2) is 8.74. The highest BCUT2D eigenvalue weighted by Gasteiger charge is 2.12. The Labute approximate surface area is 155 Å². The smallest absolute Gasteiger partial charge is 0.343 e. The third-order valence-electron chi connectivity index (χ3n) is 3.46. The molecule has 1 N–H and O–H groups in total. The molecule has 0 saturated heterocycles. The number of aryl methyl sites for hydroxylation is 1. The van der Waals surface area contributed by atoms with E-state index in [9.17, 15) is 9.59 Å². The number of nitrogens with one attached hydrogen (secondary N) is 1. The quantitative estimate of drug-likeness (QED) is 0.766. The van der Waals surface area contributed by atoms with Gasteiger partial charge in [0.1, 0.15) is 5.75 Å². The predicted octanol–water partition coefficient (Wildman–Crippen LogP) is 4.03. The minimum absolute atomic E-state index is 0.0680. The maximum atomic E-state index is 12.3. The van der Waals surface area contributed by atoms with Crippen molar-refractivity contribution < 1.29 is 19.1 Å². The van der Waals surface area contributed by atoms with Crippen LogP contribution in [0.1, 0.15) is 11.1 Å². The Morgan fingerprint density at radius 3 is 2.40 bits per heavy atom. The lowest BCUT2D eigenvalue weighted by Gasteiger charge is -2.12. The first-order valence-electron chi connectivity index (χ1n) is 7.43. The van der Waals surface area contributed by atoms with Crippen molar-refractivity contribution in [1.29, 1.82) is 0 Å². The molecule has 0 aliphatic rings. The molecule has 0 radical (unpaired) electrons. The van der Waals surface area contributed by atoms with E-state index in [2.05, 4.69) is 10.1 Å². The molecule has 7 heteroatoms. The van der Waals surface area contributed by atoms with Crippen molar-refractivity contribution in [2.75, 3.05) is 19.0 Å². The lowest BCUT2D eigenvalue weighted by Crippen LogP contribution is -2.16. The van der Waals surface area contributed by atoms with Gasteiger partial charge in [0.05, 0.1) is 13.5 Å². The molecule has 0 atom stereocenters. The Morgan fingerprint density at radius 2 is 1.80 bits per heavy atom. The van der Waals surface area contributed by atoms with Crippen LogP contribution in [0.3, 0.4) is 0 Å². The third kappa shape index (κ3) is 5.37. The maximum Gasteiger partial charge on any atom is 0.343 e. The summed E-state index contributed by atoms with van der Waals surface area (Å²) in [5, 5.41) is 3.71. The molecule has 2 rings (SSSR count). The van der Waals surface area contributed by atoms with Crippen molar-refractivity contribution in [3.63, 3.8) is 0 Å². The number of carbonyl (C=O) groups is 2. The van der Waals surface area contributed by atoms with Crippen molar-refractivity contribution in [2.45, 2.75) is 13.3 Å². The van der Waals surface area contributed by atoms with Gasteiger partial charge in [0, 0.05) is 15.7 Å². The SMILES string of the molecule is COC(=O)COc1ccc(NC(=O)Cc2c(Cl)cccc2Cl)c(C)c1. The number of rotatable bonds is 6. The van der Waals surface area contributed by atoms with Crippen LogP contribution in [0.4, 0.5) is 5.69 Å². The summed E-state index contributed by atoms with van der Waals surface area (Å²) in [5.74, 6) is -0.192. The average molecular weight is 382 g/mol. The molecule has 0 spiro atoms. The summed E-state index contributed by atoms with van der Waals surface area (Å²) < 4.78 is 9.82. The summed E-state index contributed by atoms with van der Waals surface area (Å²) in [5.41, 5.74) is 2.01. The number of hydrogen-bond acceptors (Lipinski definition) is 4. The normalized spacial score (nSPS) is 10.2. The van der Waals surface area contributed by atoms with Gasteiger partial charge in [-0.3, -0.25) is 4.79 Å². The van der Waals surface area contributed by atoms with Crippen molar-refractivity contribution in [1.82, 2.24) is 0 Å². The topological polar surface area (TPSA) is 64.6 Å². The molecular formula is C18H17Cl2NO4. The van der Waals surface area contributed by atoms with E-state index in [-0.39, 0.29) is 18.9 Å². The molecule has 5 nitrogen and oxygen atoms in total. The molecule has 0 bridgehead atoms. The van der Waals surface area contributed by atoms with E-state index >= 15 is 0 Å². The highest BCUT2D eigenvalue weighted by Crippen LogP contribution is 2.26. The Kier molecular flexibility index (Phi) is 6.67. The lowest BCUT2D eigenvalue weighted by molar-refractivity contribution is -0.142. The van der Waals surface area contributed by atoms with Gasteiger partial charge >= 0.3 is 5.97 Å². The summed E-state index contributed by atoms with van der Waals surface area (Å²) in [6, 6.07) is 10.2. The van der Waals surface area contributed by atoms with E-state index in [4.69, 9.17) is 27.9 Å². The minimum Gasteiger partial charge on any atom is -0.482 e. The van der Waals surface area contributed by atoms with Gasteiger partial charge in [-0.25, -0.2) is 4.79 Å².